The fraction of sp³-hybridized carbons (Fsp3) is 0.217. The maximum absolute atomic E-state index is 12.3. The highest BCUT2D eigenvalue weighted by Gasteiger charge is 2.19. The van der Waals surface area contributed by atoms with Crippen LogP contribution in [0.1, 0.15) is 31.9 Å². The van der Waals surface area contributed by atoms with Crippen LogP contribution in [-0.4, -0.2) is 22.1 Å². The van der Waals surface area contributed by atoms with Crippen LogP contribution < -0.4 is 21.7 Å². The molecular weight excluding hydrogens is 364 g/mol. The Bertz CT molecular complexity index is 1240. The van der Waals surface area contributed by atoms with Crippen LogP contribution in [0.5, 0.6) is 0 Å². The molecule has 29 heavy (non-hydrogen) atoms. The lowest BCUT2D eigenvalue weighted by atomic mass is 10.1. The van der Waals surface area contributed by atoms with Crippen molar-refractivity contribution in [2.45, 2.75) is 26.2 Å². The summed E-state index contributed by atoms with van der Waals surface area (Å²) >= 11 is 0. The predicted octanol–water partition coefficient (Wildman–Crippen LogP) is 2.30. The fourth-order valence-corrected chi connectivity index (χ4v) is 3.30. The number of terminal acetylenes is 1. The van der Waals surface area contributed by atoms with E-state index in [4.69, 9.17) is 16.6 Å². The van der Waals surface area contributed by atoms with Crippen molar-refractivity contribution in [3.63, 3.8) is 0 Å². The maximum atomic E-state index is 12.3. The maximum Gasteiger partial charge on any atom is 0.271 e. The number of para-hydroxylation sites is 1. The fourth-order valence-electron chi connectivity index (χ4n) is 3.30. The molecule has 3 rings (SSSR count). The van der Waals surface area contributed by atoms with E-state index >= 15 is 0 Å². The Hall–Kier alpha value is -3.72. The first-order valence-electron chi connectivity index (χ1n) is 9.40. The van der Waals surface area contributed by atoms with Gasteiger partial charge in [-0.25, -0.2) is 5.10 Å². The molecular formula is C23H24N4O2. The lowest BCUT2D eigenvalue weighted by Crippen LogP contribution is -2.45. The molecule has 6 heteroatoms. The van der Waals surface area contributed by atoms with Gasteiger partial charge in [-0.2, -0.15) is 5.10 Å². The number of nitrogens with one attached hydrogen (secondary N) is 1. The molecule has 2 aromatic heterocycles. The van der Waals surface area contributed by atoms with E-state index < -0.39 is 5.56 Å². The third kappa shape index (κ3) is 3.94. The van der Waals surface area contributed by atoms with E-state index in [0.717, 1.165) is 29.5 Å². The largest absolute Gasteiger partial charge is 0.454 e. The number of rotatable bonds is 6. The minimum Gasteiger partial charge on any atom is -0.454 e. The predicted molar refractivity (Wildman–Crippen MR) is 117 cm³/mol. The number of furan rings is 1. The number of allylic oxidation sites excluding steroid dienone is 2. The molecule has 0 radical (unpaired) electrons. The standard InChI is InChI=1S/C23H24N4O2/c1-5-7-12-17(10-6-2)27(4)21(20-15(3)23(28)26-25-22(20)24)19-14-16-11-8-9-13-18(16)29-19/h1,8-9,11-14H,3,6-7,10H2,2,4H3,(H2,24,25)(H,26,28)/b17-12+,21-20+. The van der Waals surface area contributed by atoms with E-state index in [1.165, 1.54) is 0 Å². The quantitative estimate of drug-likeness (QED) is 0.633. The summed E-state index contributed by atoms with van der Waals surface area (Å²) < 4.78 is 6.12. The average molecular weight is 388 g/mol. The summed E-state index contributed by atoms with van der Waals surface area (Å²) in [7, 11) is 1.90. The van der Waals surface area contributed by atoms with Gasteiger partial charge < -0.3 is 15.1 Å². The number of nitrogens with zero attached hydrogens (tertiary/aromatic N) is 2. The van der Waals surface area contributed by atoms with Crippen molar-refractivity contribution in [1.29, 1.82) is 0 Å². The second-order valence-electron chi connectivity index (χ2n) is 6.70. The number of aromatic amines is 1. The van der Waals surface area contributed by atoms with Crippen LogP contribution in [0, 0.1) is 12.3 Å². The van der Waals surface area contributed by atoms with Crippen LogP contribution in [-0.2, 0) is 0 Å². The Labute approximate surface area is 169 Å². The normalized spacial score (nSPS) is 12.7. The molecule has 0 aliphatic rings. The lowest BCUT2D eigenvalue weighted by Gasteiger charge is -2.25. The van der Waals surface area contributed by atoms with Gasteiger partial charge in [0.05, 0.1) is 10.9 Å². The summed E-state index contributed by atoms with van der Waals surface area (Å²) in [6.45, 7) is 6.02. The Morgan fingerprint density at radius 2 is 2.21 bits per heavy atom. The van der Waals surface area contributed by atoms with Gasteiger partial charge in [0.25, 0.3) is 5.56 Å². The van der Waals surface area contributed by atoms with E-state index in [-0.39, 0.29) is 11.0 Å². The molecule has 2 heterocycles. The van der Waals surface area contributed by atoms with Gasteiger partial charge in [0.15, 0.2) is 11.6 Å². The zero-order valence-corrected chi connectivity index (χ0v) is 16.7. The third-order valence-corrected chi connectivity index (χ3v) is 4.73. The topological polar surface area (TPSA) is 88.2 Å². The van der Waals surface area contributed by atoms with Crippen LogP contribution in [0.25, 0.3) is 23.2 Å². The number of hydrogen-bond donors (Lipinski definition) is 2. The Morgan fingerprint density at radius 1 is 1.45 bits per heavy atom. The average Bonchev–Trinajstić information content (AvgIpc) is 3.14. The summed E-state index contributed by atoms with van der Waals surface area (Å²) in [6.07, 6.45) is 9.67. The van der Waals surface area contributed by atoms with Gasteiger partial charge >= 0.3 is 0 Å². The molecule has 0 spiro atoms. The monoisotopic (exact) mass is 388 g/mol. The van der Waals surface area contributed by atoms with E-state index in [2.05, 4.69) is 29.6 Å². The summed E-state index contributed by atoms with van der Waals surface area (Å²) in [5, 5.41) is 7.94. The van der Waals surface area contributed by atoms with E-state index in [0.29, 0.717) is 23.1 Å². The first-order valence-corrected chi connectivity index (χ1v) is 9.40. The summed E-state index contributed by atoms with van der Waals surface area (Å²) in [5.74, 6) is 3.38. The number of aromatic nitrogens is 2. The van der Waals surface area contributed by atoms with E-state index in [9.17, 15) is 4.79 Å². The number of hydrogen-bond acceptors (Lipinski definition) is 5. The molecule has 0 aliphatic heterocycles. The highest BCUT2D eigenvalue weighted by Crippen LogP contribution is 2.28. The van der Waals surface area contributed by atoms with Crippen LogP contribution in [0.3, 0.4) is 0 Å². The van der Waals surface area contributed by atoms with Gasteiger partial charge in [-0.05, 0) is 18.6 Å². The minimum atomic E-state index is -0.402. The number of nitrogens with two attached hydrogens (primary N) is 1. The van der Waals surface area contributed by atoms with Crippen molar-refractivity contribution in [2.75, 3.05) is 12.8 Å². The first kappa shape index (κ1) is 20.0. The molecule has 0 unspecified atom stereocenters. The molecule has 3 aromatic rings. The number of nitrogen functional groups attached to an aromatic ring is 1. The first-order chi connectivity index (χ1) is 14.0. The molecule has 0 saturated heterocycles. The van der Waals surface area contributed by atoms with Crippen LogP contribution in [0.2, 0.25) is 0 Å². The molecule has 0 aliphatic carbocycles. The molecule has 0 bridgehead atoms. The zero-order valence-electron chi connectivity index (χ0n) is 16.7. The van der Waals surface area contributed by atoms with Crippen molar-refractivity contribution in [2.24, 2.45) is 0 Å². The molecule has 0 saturated carbocycles. The van der Waals surface area contributed by atoms with E-state index in [1.54, 1.807) is 0 Å². The number of benzene rings is 1. The number of anilines is 1. The SMILES string of the molecule is C#CC/C=C(\CCC)N(C)/C(c1cc2ccccc2o1)=c1/c(N)n[nH]c(=O)c1=C. The molecule has 6 nitrogen and oxygen atoms in total. The van der Waals surface area contributed by atoms with Crippen LogP contribution in [0.4, 0.5) is 5.82 Å². The van der Waals surface area contributed by atoms with Gasteiger partial charge in [0, 0.05) is 29.8 Å². The zero-order chi connectivity index (χ0) is 21.0. The van der Waals surface area contributed by atoms with Gasteiger partial charge in [-0.15, -0.1) is 12.3 Å². The molecule has 3 N–H and O–H groups in total. The smallest absolute Gasteiger partial charge is 0.271 e. The van der Waals surface area contributed by atoms with Gasteiger partial charge in [0.1, 0.15) is 5.58 Å². The molecule has 0 amide bonds. The minimum absolute atomic E-state index is 0.171. The second kappa shape index (κ2) is 8.53. The number of fused-ring (bicyclic) bond motifs is 1. The Morgan fingerprint density at radius 3 is 2.90 bits per heavy atom. The van der Waals surface area contributed by atoms with Crippen LogP contribution >= 0.6 is 0 Å². The second-order valence-corrected chi connectivity index (χ2v) is 6.70. The molecule has 1 aromatic carbocycles. The van der Waals surface area contributed by atoms with Crippen molar-refractivity contribution in [1.82, 2.24) is 15.1 Å². The lowest BCUT2D eigenvalue weighted by molar-refractivity contribution is 0.512. The highest BCUT2D eigenvalue weighted by molar-refractivity contribution is 5.82. The number of H-pyrrole nitrogens is 1. The van der Waals surface area contributed by atoms with Gasteiger partial charge in [-0.3, -0.25) is 4.79 Å². The van der Waals surface area contributed by atoms with Crippen LogP contribution in [0.15, 0.2) is 51.3 Å². The summed E-state index contributed by atoms with van der Waals surface area (Å²) in [4.78, 5) is 14.2. The van der Waals surface area contributed by atoms with Crippen molar-refractivity contribution in [3.05, 3.63) is 68.7 Å². The summed E-state index contributed by atoms with van der Waals surface area (Å²) in [6, 6.07) is 9.63. The Balaban J connectivity index is 2.39. The van der Waals surface area contributed by atoms with E-state index in [1.807, 2.05) is 48.4 Å². The van der Waals surface area contributed by atoms with Crippen molar-refractivity contribution < 1.29 is 4.42 Å². The Kier molecular flexibility index (Phi) is 5.89. The van der Waals surface area contributed by atoms with Gasteiger partial charge in [0.2, 0.25) is 0 Å². The summed E-state index contributed by atoms with van der Waals surface area (Å²) in [5.41, 5.74) is 8.13. The third-order valence-electron chi connectivity index (χ3n) is 4.73. The molecule has 0 fully saturated rings. The highest BCUT2D eigenvalue weighted by atomic mass is 16.3. The van der Waals surface area contributed by atoms with Gasteiger partial charge in [-0.1, -0.05) is 44.2 Å². The van der Waals surface area contributed by atoms with Crippen molar-refractivity contribution >= 4 is 29.1 Å². The molecule has 0 atom stereocenters. The van der Waals surface area contributed by atoms with Crippen molar-refractivity contribution in [3.8, 4) is 12.3 Å². The molecule has 148 valence electrons.